The van der Waals surface area contributed by atoms with E-state index in [1.54, 1.807) is 11.9 Å². The fourth-order valence-corrected chi connectivity index (χ4v) is 4.46. The minimum Gasteiger partial charge on any atom is -0.381 e. The Hall–Kier alpha value is -1.67. The Bertz CT molecular complexity index is 741. The van der Waals surface area contributed by atoms with E-state index in [9.17, 15) is 22.4 Å². The van der Waals surface area contributed by atoms with Crippen molar-refractivity contribution in [1.29, 1.82) is 0 Å². The van der Waals surface area contributed by atoms with Crippen LogP contribution in [0, 0.1) is 17.7 Å². The van der Waals surface area contributed by atoms with Crippen LogP contribution < -0.4 is 5.32 Å². The van der Waals surface area contributed by atoms with Crippen molar-refractivity contribution in [3.8, 4) is 0 Å². The van der Waals surface area contributed by atoms with Crippen LogP contribution in [0.15, 0.2) is 18.2 Å². The number of amides is 1. The quantitative estimate of drug-likeness (QED) is 0.604. The largest absolute Gasteiger partial charge is 0.416 e. The van der Waals surface area contributed by atoms with Gasteiger partial charge in [0.25, 0.3) is 0 Å². The van der Waals surface area contributed by atoms with E-state index in [0.717, 1.165) is 51.0 Å². The molecule has 1 N–H and O–H groups in total. The molecule has 2 aliphatic rings. The SMILES string of the molecule is CC.CC1COCCC1NC1CCC(C(=O)N(C)CCc2cc(F)cc(C(F)(F)F)c2)C1. The van der Waals surface area contributed by atoms with Gasteiger partial charge in [-0.2, -0.15) is 13.2 Å². The maximum absolute atomic E-state index is 13.6. The van der Waals surface area contributed by atoms with Crippen molar-refractivity contribution in [1.82, 2.24) is 10.2 Å². The Morgan fingerprint density at radius 2 is 1.91 bits per heavy atom. The topological polar surface area (TPSA) is 41.6 Å². The molecule has 1 aliphatic heterocycles. The monoisotopic (exact) mass is 460 g/mol. The first-order valence-corrected chi connectivity index (χ1v) is 11.6. The van der Waals surface area contributed by atoms with Gasteiger partial charge in [-0.25, -0.2) is 4.39 Å². The van der Waals surface area contributed by atoms with Crippen molar-refractivity contribution in [2.45, 2.75) is 71.1 Å². The van der Waals surface area contributed by atoms with Gasteiger partial charge < -0.3 is 15.0 Å². The molecule has 0 spiro atoms. The van der Waals surface area contributed by atoms with Gasteiger partial charge in [0, 0.05) is 38.2 Å². The molecule has 1 amide bonds. The molecule has 4 nitrogen and oxygen atoms in total. The summed E-state index contributed by atoms with van der Waals surface area (Å²) in [5, 5.41) is 3.68. The third-order valence-corrected chi connectivity index (χ3v) is 6.27. The fourth-order valence-electron chi connectivity index (χ4n) is 4.46. The van der Waals surface area contributed by atoms with E-state index in [0.29, 0.717) is 24.1 Å². The lowest BCUT2D eigenvalue weighted by Gasteiger charge is -2.32. The van der Waals surface area contributed by atoms with Crippen LogP contribution in [0.2, 0.25) is 0 Å². The Labute approximate surface area is 188 Å². The summed E-state index contributed by atoms with van der Waals surface area (Å²) < 4.78 is 57.6. The van der Waals surface area contributed by atoms with Gasteiger partial charge in [0.2, 0.25) is 5.91 Å². The third kappa shape index (κ3) is 7.44. The highest BCUT2D eigenvalue weighted by molar-refractivity contribution is 5.79. The van der Waals surface area contributed by atoms with Crippen LogP contribution in [0.4, 0.5) is 17.6 Å². The minimum absolute atomic E-state index is 0.00627. The molecular weight excluding hydrogens is 424 g/mol. The lowest BCUT2D eigenvalue weighted by Crippen LogP contribution is -2.45. The van der Waals surface area contributed by atoms with Crippen molar-refractivity contribution in [3.63, 3.8) is 0 Å². The zero-order valence-corrected chi connectivity index (χ0v) is 19.5. The number of hydrogen-bond donors (Lipinski definition) is 1. The summed E-state index contributed by atoms with van der Waals surface area (Å²) in [6.45, 7) is 7.94. The number of ether oxygens (including phenoxy) is 1. The maximum atomic E-state index is 13.6. The predicted molar refractivity (Wildman–Crippen MR) is 117 cm³/mol. The van der Waals surface area contributed by atoms with Crippen LogP contribution in [0.5, 0.6) is 0 Å². The molecule has 0 aromatic heterocycles. The zero-order chi connectivity index (χ0) is 23.9. The smallest absolute Gasteiger partial charge is 0.381 e. The molecule has 1 saturated carbocycles. The molecule has 1 aromatic rings. The average molecular weight is 461 g/mol. The first-order valence-electron chi connectivity index (χ1n) is 11.6. The number of alkyl halides is 3. The molecule has 1 aromatic carbocycles. The summed E-state index contributed by atoms with van der Waals surface area (Å²) in [5.74, 6) is -0.544. The van der Waals surface area contributed by atoms with Crippen LogP contribution in [-0.4, -0.2) is 49.7 Å². The van der Waals surface area contributed by atoms with E-state index in [2.05, 4.69) is 12.2 Å². The Morgan fingerprint density at radius 3 is 2.56 bits per heavy atom. The molecule has 0 bridgehead atoms. The zero-order valence-electron chi connectivity index (χ0n) is 19.5. The second-order valence-corrected chi connectivity index (χ2v) is 8.68. The molecule has 32 heavy (non-hydrogen) atoms. The second kappa shape index (κ2) is 12.0. The van der Waals surface area contributed by atoms with E-state index in [-0.39, 0.29) is 30.4 Å². The molecule has 1 aliphatic carbocycles. The first-order chi connectivity index (χ1) is 15.1. The molecular formula is C24H36F4N2O2. The normalized spacial score (nSPS) is 25.8. The standard InChI is InChI=1S/C22H30F4N2O2.C2H6/c1-14-13-30-8-6-20(14)27-19-4-3-16(11-19)21(29)28(2)7-5-15-9-17(22(24,25)26)12-18(23)10-15;1-2/h9-10,12,14,16,19-20,27H,3-8,11,13H2,1-2H3;1-2H3. The van der Waals surface area contributed by atoms with Gasteiger partial charge >= 0.3 is 6.18 Å². The summed E-state index contributed by atoms with van der Waals surface area (Å²) in [6, 6.07) is 3.24. The van der Waals surface area contributed by atoms with Crippen LogP contribution in [0.3, 0.4) is 0 Å². The van der Waals surface area contributed by atoms with Gasteiger partial charge in [0.15, 0.2) is 0 Å². The summed E-state index contributed by atoms with van der Waals surface area (Å²) >= 11 is 0. The van der Waals surface area contributed by atoms with Crippen molar-refractivity contribution in [2.75, 3.05) is 26.8 Å². The summed E-state index contributed by atoms with van der Waals surface area (Å²) in [4.78, 5) is 14.3. The maximum Gasteiger partial charge on any atom is 0.416 e. The summed E-state index contributed by atoms with van der Waals surface area (Å²) in [5.41, 5.74) is -0.764. The van der Waals surface area contributed by atoms with E-state index in [1.165, 1.54) is 0 Å². The number of carbonyl (C=O) groups excluding carboxylic acids is 1. The molecule has 1 heterocycles. The molecule has 1 saturated heterocycles. The number of nitrogens with zero attached hydrogens (tertiary/aromatic N) is 1. The van der Waals surface area contributed by atoms with Gasteiger partial charge in [-0.3, -0.25) is 4.79 Å². The van der Waals surface area contributed by atoms with Crippen molar-refractivity contribution < 1.29 is 27.1 Å². The number of nitrogens with one attached hydrogen (secondary N) is 1. The van der Waals surface area contributed by atoms with Crippen LogP contribution in [0.1, 0.15) is 57.6 Å². The van der Waals surface area contributed by atoms with E-state index in [4.69, 9.17) is 4.74 Å². The molecule has 2 fully saturated rings. The second-order valence-electron chi connectivity index (χ2n) is 8.68. The van der Waals surface area contributed by atoms with Gasteiger partial charge in [0.05, 0.1) is 12.2 Å². The summed E-state index contributed by atoms with van der Waals surface area (Å²) in [7, 11) is 1.66. The highest BCUT2D eigenvalue weighted by atomic mass is 19.4. The number of benzene rings is 1. The van der Waals surface area contributed by atoms with Crippen LogP contribution in [-0.2, 0) is 22.1 Å². The average Bonchev–Trinajstić information content (AvgIpc) is 3.22. The molecule has 0 radical (unpaired) electrons. The lowest BCUT2D eigenvalue weighted by molar-refractivity contribution is -0.138. The number of rotatable bonds is 6. The van der Waals surface area contributed by atoms with E-state index in [1.807, 2.05) is 13.8 Å². The highest BCUT2D eigenvalue weighted by Gasteiger charge is 2.34. The molecule has 3 rings (SSSR count). The van der Waals surface area contributed by atoms with Crippen LogP contribution >= 0.6 is 0 Å². The Morgan fingerprint density at radius 1 is 1.19 bits per heavy atom. The van der Waals surface area contributed by atoms with Gasteiger partial charge in [-0.05, 0) is 61.8 Å². The first kappa shape index (κ1) is 26.6. The molecule has 4 atom stereocenters. The van der Waals surface area contributed by atoms with Gasteiger partial charge in [0.1, 0.15) is 5.82 Å². The van der Waals surface area contributed by atoms with Gasteiger partial charge in [-0.15, -0.1) is 0 Å². The minimum atomic E-state index is -4.59. The van der Waals surface area contributed by atoms with Crippen molar-refractivity contribution in [3.05, 3.63) is 35.1 Å². The van der Waals surface area contributed by atoms with Crippen molar-refractivity contribution >= 4 is 5.91 Å². The predicted octanol–water partition coefficient (Wildman–Crippen LogP) is 5.05. The third-order valence-electron chi connectivity index (χ3n) is 6.27. The number of hydrogen-bond acceptors (Lipinski definition) is 3. The Balaban J connectivity index is 0.00000176. The number of halogens is 4. The van der Waals surface area contributed by atoms with Crippen LogP contribution in [0.25, 0.3) is 0 Å². The van der Waals surface area contributed by atoms with Gasteiger partial charge in [-0.1, -0.05) is 20.8 Å². The number of carbonyl (C=O) groups is 1. The van der Waals surface area contributed by atoms with E-state index >= 15 is 0 Å². The van der Waals surface area contributed by atoms with E-state index < -0.39 is 17.6 Å². The molecule has 8 heteroatoms. The lowest BCUT2D eigenvalue weighted by atomic mass is 9.96. The Kier molecular flexibility index (Phi) is 9.95. The molecule has 4 unspecified atom stereocenters. The summed E-state index contributed by atoms with van der Waals surface area (Å²) in [6.07, 6.45) is -0.928. The highest BCUT2D eigenvalue weighted by Crippen LogP contribution is 2.31. The molecule has 182 valence electrons. The number of likely N-dealkylation sites (N-methyl/N-ethyl adjacent to an activating group) is 1. The fraction of sp³-hybridized carbons (Fsp3) is 0.708. The van der Waals surface area contributed by atoms with Crippen molar-refractivity contribution in [2.24, 2.45) is 11.8 Å².